The van der Waals surface area contributed by atoms with Crippen molar-refractivity contribution in [2.24, 2.45) is 5.92 Å². The summed E-state index contributed by atoms with van der Waals surface area (Å²) in [6.07, 6.45) is 6.38. The predicted molar refractivity (Wildman–Crippen MR) is 108 cm³/mol. The Balaban J connectivity index is 1.57. The van der Waals surface area contributed by atoms with Crippen LogP contribution in [0.2, 0.25) is 0 Å². The van der Waals surface area contributed by atoms with Gasteiger partial charge in [-0.2, -0.15) is 0 Å². The van der Waals surface area contributed by atoms with Gasteiger partial charge in [-0.25, -0.2) is 9.97 Å². The number of hydrogen-bond donors (Lipinski definition) is 1. The Morgan fingerprint density at radius 3 is 2.00 bits per heavy atom. The highest BCUT2D eigenvalue weighted by Crippen LogP contribution is 2.21. The second-order valence-electron chi connectivity index (χ2n) is 7.27. The van der Waals surface area contributed by atoms with Gasteiger partial charge in [-0.05, 0) is 41.5 Å². The third kappa shape index (κ3) is 4.99. The summed E-state index contributed by atoms with van der Waals surface area (Å²) in [6.45, 7) is 7.59. The van der Waals surface area contributed by atoms with Crippen LogP contribution in [0.5, 0.6) is 0 Å². The van der Waals surface area contributed by atoms with Crippen molar-refractivity contribution in [1.82, 2.24) is 15.3 Å². The molecule has 0 spiro atoms. The average molecular weight is 345 g/mol. The average Bonchev–Trinajstić information content (AvgIpc) is 2.67. The molecule has 0 aliphatic carbocycles. The van der Waals surface area contributed by atoms with Crippen LogP contribution in [0.15, 0.2) is 67.3 Å². The van der Waals surface area contributed by atoms with Crippen molar-refractivity contribution in [3.8, 4) is 11.1 Å². The molecule has 1 aromatic heterocycles. The van der Waals surface area contributed by atoms with Gasteiger partial charge in [0.15, 0.2) is 0 Å². The highest BCUT2D eigenvalue weighted by Gasteiger charge is 2.06. The van der Waals surface area contributed by atoms with E-state index in [-0.39, 0.29) is 0 Å². The van der Waals surface area contributed by atoms with Crippen LogP contribution in [-0.2, 0) is 13.0 Å². The molecular formula is C23H27N3. The van der Waals surface area contributed by atoms with Gasteiger partial charge in [0.05, 0.1) is 0 Å². The minimum absolute atomic E-state index is 0.298. The van der Waals surface area contributed by atoms with Gasteiger partial charge in [-0.3, -0.25) is 0 Å². The van der Waals surface area contributed by atoms with Crippen LogP contribution in [0, 0.1) is 5.92 Å². The summed E-state index contributed by atoms with van der Waals surface area (Å²) in [5, 5.41) is 3.61. The molecule has 0 aliphatic rings. The minimum atomic E-state index is 0.298. The first-order chi connectivity index (χ1) is 12.6. The van der Waals surface area contributed by atoms with Gasteiger partial charge in [-0.1, -0.05) is 62.4 Å². The molecule has 3 aromatic rings. The summed E-state index contributed by atoms with van der Waals surface area (Å²) in [6, 6.07) is 17.9. The third-order valence-electron chi connectivity index (χ3n) is 4.58. The molecular weight excluding hydrogens is 318 g/mol. The molecule has 1 atom stereocenters. The van der Waals surface area contributed by atoms with Crippen LogP contribution in [0.3, 0.4) is 0 Å². The van der Waals surface area contributed by atoms with E-state index in [0.29, 0.717) is 12.0 Å². The largest absolute Gasteiger partial charge is 0.306 e. The van der Waals surface area contributed by atoms with Crippen molar-refractivity contribution >= 4 is 0 Å². The molecule has 3 nitrogen and oxygen atoms in total. The van der Waals surface area contributed by atoms with Crippen molar-refractivity contribution in [2.45, 2.75) is 39.8 Å². The highest BCUT2D eigenvalue weighted by molar-refractivity contribution is 5.61. The van der Waals surface area contributed by atoms with Gasteiger partial charge >= 0.3 is 0 Å². The second kappa shape index (κ2) is 8.72. The fourth-order valence-electron chi connectivity index (χ4n) is 3.07. The Kier molecular flexibility index (Phi) is 6.13. The van der Waals surface area contributed by atoms with E-state index in [1.807, 2.05) is 12.4 Å². The Bertz CT molecular complexity index is 793. The summed E-state index contributed by atoms with van der Waals surface area (Å²) < 4.78 is 0. The fraction of sp³-hybridized carbons (Fsp3) is 0.304. The van der Waals surface area contributed by atoms with E-state index in [4.69, 9.17) is 0 Å². The molecule has 0 aliphatic heterocycles. The molecule has 2 aromatic carbocycles. The van der Waals surface area contributed by atoms with Crippen molar-refractivity contribution in [3.05, 3.63) is 83.9 Å². The van der Waals surface area contributed by atoms with E-state index < -0.39 is 0 Å². The van der Waals surface area contributed by atoms with Crippen molar-refractivity contribution in [1.29, 1.82) is 0 Å². The second-order valence-corrected chi connectivity index (χ2v) is 7.27. The Morgan fingerprint density at radius 2 is 1.38 bits per heavy atom. The van der Waals surface area contributed by atoms with Gasteiger partial charge < -0.3 is 5.32 Å². The first-order valence-electron chi connectivity index (χ1n) is 9.28. The predicted octanol–water partition coefficient (Wildman–Crippen LogP) is 5.19. The summed E-state index contributed by atoms with van der Waals surface area (Å²) in [4.78, 5) is 8.16. The smallest absolute Gasteiger partial charge is 0.115 e. The lowest BCUT2D eigenvalue weighted by Gasteiger charge is -2.15. The van der Waals surface area contributed by atoms with E-state index in [0.717, 1.165) is 24.1 Å². The zero-order valence-corrected chi connectivity index (χ0v) is 15.8. The Morgan fingerprint density at radius 1 is 0.769 bits per heavy atom. The van der Waals surface area contributed by atoms with E-state index in [1.165, 1.54) is 16.7 Å². The summed E-state index contributed by atoms with van der Waals surface area (Å²) in [5.74, 6) is 0.699. The van der Waals surface area contributed by atoms with Crippen LogP contribution < -0.4 is 5.32 Å². The molecule has 1 heterocycles. The number of nitrogens with one attached hydrogen (secondary N) is 1. The maximum atomic E-state index is 4.08. The topological polar surface area (TPSA) is 37.8 Å². The molecule has 0 unspecified atom stereocenters. The van der Waals surface area contributed by atoms with E-state index in [2.05, 4.69) is 84.6 Å². The monoisotopic (exact) mass is 345 g/mol. The number of rotatable bonds is 7. The Hall–Kier alpha value is -2.52. The summed E-state index contributed by atoms with van der Waals surface area (Å²) >= 11 is 0. The van der Waals surface area contributed by atoms with Gasteiger partial charge in [-0.15, -0.1) is 0 Å². The quantitative estimate of drug-likeness (QED) is 0.640. The lowest BCUT2D eigenvalue weighted by atomic mass is 10.0. The SMILES string of the molecule is CC(C)Cc1ccc(CN[C@@H](C)c2ccc(-c3cncnc3)cc2)cc1. The van der Waals surface area contributed by atoms with Gasteiger partial charge in [0.2, 0.25) is 0 Å². The van der Waals surface area contributed by atoms with Gasteiger partial charge in [0.1, 0.15) is 6.33 Å². The molecule has 0 bridgehead atoms. The van der Waals surface area contributed by atoms with Crippen molar-refractivity contribution in [3.63, 3.8) is 0 Å². The highest BCUT2D eigenvalue weighted by atomic mass is 14.9. The fourth-order valence-corrected chi connectivity index (χ4v) is 3.07. The van der Waals surface area contributed by atoms with Crippen LogP contribution in [0.25, 0.3) is 11.1 Å². The number of benzene rings is 2. The zero-order valence-electron chi connectivity index (χ0n) is 15.8. The number of nitrogens with zero attached hydrogens (tertiary/aromatic N) is 2. The van der Waals surface area contributed by atoms with E-state index in [1.54, 1.807) is 6.33 Å². The molecule has 1 N–H and O–H groups in total. The molecule has 0 amide bonds. The summed E-state index contributed by atoms with van der Waals surface area (Å²) in [5.41, 5.74) is 6.20. The molecule has 26 heavy (non-hydrogen) atoms. The van der Waals surface area contributed by atoms with Gasteiger partial charge in [0.25, 0.3) is 0 Å². The molecule has 0 radical (unpaired) electrons. The lowest BCUT2D eigenvalue weighted by molar-refractivity contribution is 0.574. The number of aromatic nitrogens is 2. The first-order valence-corrected chi connectivity index (χ1v) is 9.28. The molecule has 0 saturated carbocycles. The lowest BCUT2D eigenvalue weighted by Crippen LogP contribution is -2.18. The van der Waals surface area contributed by atoms with Crippen LogP contribution in [0.1, 0.15) is 43.5 Å². The van der Waals surface area contributed by atoms with E-state index >= 15 is 0 Å². The zero-order chi connectivity index (χ0) is 18.4. The molecule has 3 heteroatoms. The van der Waals surface area contributed by atoms with E-state index in [9.17, 15) is 0 Å². The third-order valence-corrected chi connectivity index (χ3v) is 4.58. The summed E-state index contributed by atoms with van der Waals surface area (Å²) in [7, 11) is 0. The van der Waals surface area contributed by atoms with Crippen molar-refractivity contribution < 1.29 is 0 Å². The van der Waals surface area contributed by atoms with Crippen LogP contribution in [0.4, 0.5) is 0 Å². The standard InChI is InChI=1S/C23H27N3/c1-17(2)12-19-4-6-20(7-5-19)13-26-18(3)21-8-10-22(11-9-21)23-14-24-16-25-15-23/h4-11,14-18,26H,12-13H2,1-3H3/t18-/m0/s1. The number of hydrogen-bond acceptors (Lipinski definition) is 3. The first kappa shape index (κ1) is 18.3. The van der Waals surface area contributed by atoms with Crippen molar-refractivity contribution in [2.75, 3.05) is 0 Å². The van der Waals surface area contributed by atoms with Crippen LogP contribution in [-0.4, -0.2) is 9.97 Å². The van der Waals surface area contributed by atoms with Gasteiger partial charge in [0, 0.05) is 30.5 Å². The molecule has 3 rings (SSSR count). The molecule has 0 saturated heterocycles. The minimum Gasteiger partial charge on any atom is -0.306 e. The molecule has 134 valence electrons. The molecule has 0 fully saturated rings. The maximum Gasteiger partial charge on any atom is 0.115 e. The van der Waals surface area contributed by atoms with Crippen LogP contribution >= 0.6 is 0 Å². The maximum absolute atomic E-state index is 4.08. The normalized spacial score (nSPS) is 12.3. The Labute approximate surface area is 156 Å².